The second-order valence-electron chi connectivity index (χ2n) is 3.57. The minimum Gasteiger partial charge on any atom is -0.480 e. The zero-order valence-electron chi connectivity index (χ0n) is 9.19. The van der Waals surface area contributed by atoms with Crippen molar-refractivity contribution in [3.05, 3.63) is 16.8 Å². The molecule has 2 N–H and O–H groups in total. The molecule has 2 rings (SSSR count). The molecule has 0 aromatic carbocycles. The van der Waals surface area contributed by atoms with Crippen LogP contribution < -0.4 is 0 Å². The van der Waals surface area contributed by atoms with Crippen molar-refractivity contribution in [3.63, 3.8) is 0 Å². The van der Waals surface area contributed by atoms with E-state index < -0.39 is 18.1 Å². The summed E-state index contributed by atoms with van der Waals surface area (Å²) in [6.07, 6.45) is -1.15. The van der Waals surface area contributed by atoms with Crippen LogP contribution in [0.5, 0.6) is 0 Å². The van der Waals surface area contributed by atoms with Crippen LogP contribution in [0.1, 0.15) is 13.0 Å². The van der Waals surface area contributed by atoms with E-state index in [-0.39, 0.29) is 5.82 Å². The van der Waals surface area contributed by atoms with Crippen LogP contribution in [-0.4, -0.2) is 42.5 Å². The molecule has 96 valence electrons. The lowest BCUT2D eigenvalue weighted by molar-refractivity contribution is -0.144. The molecule has 0 amide bonds. The molecule has 0 aliphatic rings. The van der Waals surface area contributed by atoms with Gasteiger partial charge in [-0.1, -0.05) is 0 Å². The Hall–Kier alpha value is -1.74. The Morgan fingerprint density at radius 2 is 2.28 bits per heavy atom. The lowest BCUT2D eigenvalue weighted by Gasteiger charge is -2.15. The molecule has 0 saturated heterocycles. The molecule has 2 aromatic rings. The number of aliphatic hydroxyl groups excluding tert-OH is 1. The van der Waals surface area contributed by atoms with Gasteiger partial charge >= 0.3 is 5.97 Å². The number of carboxylic acids is 1. The molecule has 2 atom stereocenters. The van der Waals surface area contributed by atoms with E-state index in [9.17, 15) is 9.90 Å². The summed E-state index contributed by atoms with van der Waals surface area (Å²) in [7, 11) is 0. The Morgan fingerprint density at radius 1 is 1.56 bits per heavy atom. The van der Waals surface area contributed by atoms with Gasteiger partial charge in [-0.05, 0) is 45.4 Å². The van der Waals surface area contributed by atoms with Crippen LogP contribution >= 0.6 is 15.9 Å². The fraction of sp³-hybridized carbons (Fsp3) is 0.333. The van der Waals surface area contributed by atoms with Gasteiger partial charge in [0.15, 0.2) is 16.5 Å². The number of carboxylic acid groups (broad SMARTS) is 1. The molecule has 0 radical (unpaired) electrons. The zero-order chi connectivity index (χ0) is 13.3. The molecular formula is C9H9BrN4O4. The highest BCUT2D eigenvalue weighted by Crippen LogP contribution is 2.25. The second kappa shape index (κ2) is 4.86. The summed E-state index contributed by atoms with van der Waals surface area (Å²) in [5.41, 5.74) is 0. The van der Waals surface area contributed by atoms with E-state index in [0.717, 1.165) is 4.68 Å². The van der Waals surface area contributed by atoms with Crippen molar-refractivity contribution in [1.82, 2.24) is 20.2 Å². The molecule has 0 bridgehead atoms. The van der Waals surface area contributed by atoms with E-state index in [1.165, 1.54) is 6.92 Å². The van der Waals surface area contributed by atoms with Crippen molar-refractivity contribution in [1.29, 1.82) is 0 Å². The van der Waals surface area contributed by atoms with Gasteiger partial charge in [-0.15, -0.1) is 5.10 Å². The van der Waals surface area contributed by atoms with Crippen LogP contribution in [0, 0.1) is 0 Å². The quantitative estimate of drug-likeness (QED) is 0.853. The summed E-state index contributed by atoms with van der Waals surface area (Å²) < 4.78 is 6.74. The highest BCUT2D eigenvalue weighted by Gasteiger charge is 2.30. The zero-order valence-corrected chi connectivity index (χ0v) is 10.8. The fourth-order valence-corrected chi connectivity index (χ4v) is 1.80. The number of rotatable bonds is 4. The normalized spacial score (nSPS) is 14.4. The lowest BCUT2D eigenvalue weighted by atomic mass is 10.2. The predicted molar refractivity (Wildman–Crippen MR) is 61.6 cm³/mol. The van der Waals surface area contributed by atoms with Gasteiger partial charge in [-0.25, -0.2) is 9.48 Å². The molecule has 18 heavy (non-hydrogen) atoms. The summed E-state index contributed by atoms with van der Waals surface area (Å²) in [6.45, 7) is 1.35. The number of aliphatic hydroxyl groups is 1. The van der Waals surface area contributed by atoms with Gasteiger partial charge in [-0.2, -0.15) is 0 Å². The Morgan fingerprint density at radius 3 is 2.78 bits per heavy atom. The topological polar surface area (TPSA) is 114 Å². The minimum absolute atomic E-state index is 0.133. The van der Waals surface area contributed by atoms with Crippen molar-refractivity contribution in [2.75, 3.05) is 0 Å². The Balaban J connectivity index is 2.47. The van der Waals surface area contributed by atoms with Crippen molar-refractivity contribution >= 4 is 21.9 Å². The number of nitrogens with zero attached hydrogens (tertiary/aromatic N) is 4. The molecule has 0 fully saturated rings. The third-order valence-corrected chi connectivity index (χ3v) is 2.69. The second-order valence-corrected chi connectivity index (χ2v) is 4.36. The summed E-state index contributed by atoms with van der Waals surface area (Å²) in [5.74, 6) is -0.794. The number of aliphatic carboxylic acids is 1. The average Bonchev–Trinajstić information content (AvgIpc) is 2.85. The van der Waals surface area contributed by atoms with Crippen molar-refractivity contribution in [2.45, 2.75) is 19.1 Å². The Kier molecular flexibility index (Phi) is 3.43. The largest absolute Gasteiger partial charge is 0.480 e. The van der Waals surface area contributed by atoms with Gasteiger partial charge < -0.3 is 14.6 Å². The maximum atomic E-state index is 11.1. The lowest BCUT2D eigenvalue weighted by Crippen LogP contribution is -2.30. The Labute approximate surface area is 109 Å². The van der Waals surface area contributed by atoms with Crippen LogP contribution in [0.15, 0.2) is 21.2 Å². The number of hydrogen-bond acceptors (Lipinski definition) is 6. The van der Waals surface area contributed by atoms with E-state index in [4.69, 9.17) is 9.52 Å². The SMILES string of the molecule is CC(O)C(C(=O)O)n1nnnc1-c1ccc(Br)o1. The van der Waals surface area contributed by atoms with Crippen molar-refractivity contribution < 1.29 is 19.4 Å². The molecule has 8 nitrogen and oxygen atoms in total. The van der Waals surface area contributed by atoms with Crippen LogP contribution in [0.4, 0.5) is 0 Å². The van der Waals surface area contributed by atoms with Crippen LogP contribution in [-0.2, 0) is 4.79 Å². The molecule has 2 unspecified atom stereocenters. The third-order valence-electron chi connectivity index (χ3n) is 2.26. The number of furan rings is 1. The van der Waals surface area contributed by atoms with Crippen molar-refractivity contribution in [3.8, 4) is 11.6 Å². The van der Waals surface area contributed by atoms with Gasteiger partial charge in [0, 0.05) is 0 Å². The molecule has 9 heteroatoms. The van der Waals surface area contributed by atoms with Gasteiger partial charge in [0.05, 0.1) is 6.10 Å². The number of tetrazole rings is 1. The highest BCUT2D eigenvalue weighted by atomic mass is 79.9. The van der Waals surface area contributed by atoms with Crippen LogP contribution in [0.25, 0.3) is 11.6 Å². The first-order valence-corrected chi connectivity index (χ1v) is 5.74. The van der Waals surface area contributed by atoms with Crippen molar-refractivity contribution in [2.24, 2.45) is 0 Å². The van der Waals surface area contributed by atoms with E-state index in [0.29, 0.717) is 10.4 Å². The summed E-state index contributed by atoms with van der Waals surface area (Å²) in [6, 6.07) is 1.94. The number of carbonyl (C=O) groups is 1. The summed E-state index contributed by atoms with van der Waals surface area (Å²) in [4.78, 5) is 11.1. The van der Waals surface area contributed by atoms with Gasteiger partial charge in [0.25, 0.3) is 0 Å². The van der Waals surface area contributed by atoms with Crippen LogP contribution in [0.2, 0.25) is 0 Å². The van der Waals surface area contributed by atoms with Gasteiger partial charge in [-0.3, -0.25) is 0 Å². The molecule has 0 saturated carbocycles. The number of hydrogen-bond donors (Lipinski definition) is 2. The molecule has 2 heterocycles. The van der Waals surface area contributed by atoms with Crippen LogP contribution in [0.3, 0.4) is 0 Å². The summed E-state index contributed by atoms with van der Waals surface area (Å²) >= 11 is 3.13. The average molecular weight is 317 g/mol. The monoisotopic (exact) mass is 316 g/mol. The van der Waals surface area contributed by atoms with Gasteiger partial charge in [0.1, 0.15) is 0 Å². The standard InChI is InChI=1S/C9H9BrN4O4/c1-4(15)7(9(16)17)14-8(11-12-13-14)5-2-3-6(10)18-5/h2-4,7,15H,1H3,(H,16,17). The smallest absolute Gasteiger partial charge is 0.331 e. The van der Waals surface area contributed by atoms with E-state index in [1.54, 1.807) is 12.1 Å². The fourth-order valence-electron chi connectivity index (χ4n) is 1.49. The molecule has 0 spiro atoms. The Bertz CT molecular complexity index is 564. The predicted octanol–water partition coefficient (Wildman–Crippen LogP) is 0.702. The maximum Gasteiger partial charge on any atom is 0.331 e. The first-order valence-electron chi connectivity index (χ1n) is 4.95. The first-order chi connectivity index (χ1) is 8.50. The number of aromatic nitrogens is 4. The molecular weight excluding hydrogens is 308 g/mol. The van der Waals surface area contributed by atoms with E-state index in [2.05, 4.69) is 31.5 Å². The highest BCUT2D eigenvalue weighted by molar-refractivity contribution is 9.10. The van der Waals surface area contributed by atoms with E-state index in [1.807, 2.05) is 0 Å². The first kappa shape index (κ1) is 12.7. The summed E-state index contributed by atoms with van der Waals surface area (Å²) in [5, 5.41) is 29.3. The molecule has 0 aliphatic carbocycles. The van der Waals surface area contributed by atoms with E-state index >= 15 is 0 Å². The molecule has 2 aromatic heterocycles. The maximum absolute atomic E-state index is 11.1. The third kappa shape index (κ3) is 2.27. The minimum atomic E-state index is -1.28. The molecule has 0 aliphatic heterocycles. The number of halogens is 1. The van der Waals surface area contributed by atoms with Gasteiger partial charge in [0.2, 0.25) is 5.82 Å².